The second kappa shape index (κ2) is 7.48. The molecule has 0 amide bonds. The molecule has 1 fully saturated rings. The summed E-state index contributed by atoms with van der Waals surface area (Å²) in [6, 6.07) is 20.9. The van der Waals surface area contributed by atoms with E-state index in [9.17, 15) is 4.79 Å². The Hall–Kier alpha value is -3.34. The van der Waals surface area contributed by atoms with Gasteiger partial charge in [-0.15, -0.1) is 0 Å². The maximum atomic E-state index is 12.3. The van der Waals surface area contributed by atoms with Gasteiger partial charge in [0.1, 0.15) is 17.5 Å². The van der Waals surface area contributed by atoms with Crippen molar-refractivity contribution in [2.45, 2.75) is 32.4 Å². The molecule has 4 aromatic rings. The fourth-order valence-electron chi connectivity index (χ4n) is 4.67. The smallest absolute Gasteiger partial charge is 0.328 e. The summed E-state index contributed by atoms with van der Waals surface area (Å²) in [7, 11) is 1.46. The average molecular weight is 399 g/mol. The molecule has 0 N–H and O–H groups in total. The zero-order chi connectivity index (χ0) is 20.7. The third-order valence-corrected chi connectivity index (χ3v) is 6.09. The van der Waals surface area contributed by atoms with Crippen molar-refractivity contribution in [3.8, 4) is 0 Å². The van der Waals surface area contributed by atoms with Gasteiger partial charge in [-0.05, 0) is 43.0 Å². The van der Waals surface area contributed by atoms with Crippen LogP contribution in [0, 0.1) is 6.92 Å². The van der Waals surface area contributed by atoms with Gasteiger partial charge < -0.3 is 14.2 Å². The lowest BCUT2D eigenvalue weighted by Crippen LogP contribution is -2.37. The highest BCUT2D eigenvalue weighted by atomic mass is 16.5. The van der Waals surface area contributed by atoms with Crippen molar-refractivity contribution in [2.24, 2.45) is 0 Å². The Morgan fingerprint density at radius 3 is 2.67 bits per heavy atom. The number of benzene rings is 2. The van der Waals surface area contributed by atoms with Crippen LogP contribution >= 0.6 is 0 Å². The van der Waals surface area contributed by atoms with Gasteiger partial charge in [0.2, 0.25) is 0 Å². The summed E-state index contributed by atoms with van der Waals surface area (Å²) in [4.78, 5) is 19.6. The van der Waals surface area contributed by atoms with Gasteiger partial charge in [0, 0.05) is 23.9 Å². The van der Waals surface area contributed by atoms with Crippen LogP contribution in [0.25, 0.3) is 21.9 Å². The number of pyridine rings is 1. The topological polar surface area (TPSA) is 47.4 Å². The zero-order valence-corrected chi connectivity index (χ0v) is 17.3. The lowest BCUT2D eigenvalue weighted by atomic mass is 10.1. The average Bonchev–Trinajstić information content (AvgIpc) is 3.37. The molecule has 5 rings (SSSR count). The van der Waals surface area contributed by atoms with Crippen molar-refractivity contribution in [1.82, 2.24) is 9.55 Å². The molecule has 0 unspecified atom stereocenters. The van der Waals surface area contributed by atoms with Gasteiger partial charge in [-0.25, -0.2) is 9.78 Å². The van der Waals surface area contributed by atoms with E-state index in [4.69, 9.17) is 9.72 Å². The molecule has 0 saturated carbocycles. The Balaban J connectivity index is 1.70. The third kappa shape index (κ3) is 3.02. The monoisotopic (exact) mass is 399 g/mol. The molecule has 5 nitrogen and oxygen atoms in total. The molecule has 1 atom stereocenters. The summed E-state index contributed by atoms with van der Waals surface area (Å²) in [6.07, 6.45) is 1.77. The normalized spacial score (nSPS) is 16.5. The fourth-order valence-corrected chi connectivity index (χ4v) is 4.67. The quantitative estimate of drug-likeness (QED) is 0.467. The summed E-state index contributed by atoms with van der Waals surface area (Å²) < 4.78 is 7.33. The van der Waals surface area contributed by atoms with Gasteiger partial charge in [0.05, 0.1) is 12.6 Å². The lowest BCUT2D eigenvalue weighted by Gasteiger charge is -2.25. The van der Waals surface area contributed by atoms with Crippen LogP contribution in [0.15, 0.2) is 60.7 Å². The van der Waals surface area contributed by atoms with Crippen LogP contribution in [0.5, 0.6) is 0 Å². The summed E-state index contributed by atoms with van der Waals surface area (Å²) in [5.74, 6) is 0.700. The predicted octanol–water partition coefficient (Wildman–Crippen LogP) is 4.69. The minimum Gasteiger partial charge on any atom is -0.467 e. The lowest BCUT2D eigenvalue weighted by molar-refractivity contribution is -0.141. The number of ether oxygens (including phenoxy) is 1. The van der Waals surface area contributed by atoms with Gasteiger partial charge >= 0.3 is 5.97 Å². The number of hydrogen-bond acceptors (Lipinski definition) is 4. The molecule has 1 aliphatic heterocycles. The minimum atomic E-state index is -0.259. The van der Waals surface area contributed by atoms with Gasteiger partial charge in [-0.3, -0.25) is 0 Å². The van der Waals surface area contributed by atoms with E-state index >= 15 is 0 Å². The number of carbonyl (C=O) groups excluding carboxylic acids is 1. The van der Waals surface area contributed by atoms with E-state index in [0.29, 0.717) is 0 Å². The van der Waals surface area contributed by atoms with Gasteiger partial charge in [0.25, 0.3) is 0 Å². The molecule has 0 bridgehead atoms. The minimum absolute atomic E-state index is 0.182. The highest BCUT2D eigenvalue weighted by Crippen LogP contribution is 2.34. The Morgan fingerprint density at radius 2 is 1.87 bits per heavy atom. The Kier molecular flexibility index (Phi) is 4.66. The Bertz CT molecular complexity index is 1230. The van der Waals surface area contributed by atoms with Crippen LogP contribution in [0.4, 0.5) is 5.82 Å². The van der Waals surface area contributed by atoms with E-state index in [-0.39, 0.29) is 12.0 Å². The van der Waals surface area contributed by atoms with Crippen molar-refractivity contribution in [3.05, 3.63) is 71.8 Å². The van der Waals surface area contributed by atoms with Crippen LogP contribution < -0.4 is 4.90 Å². The second-order valence-corrected chi connectivity index (χ2v) is 7.96. The summed E-state index contributed by atoms with van der Waals surface area (Å²) in [6.45, 7) is 3.65. The van der Waals surface area contributed by atoms with E-state index in [0.717, 1.165) is 48.3 Å². The summed E-state index contributed by atoms with van der Waals surface area (Å²) in [5, 5.41) is 2.35. The number of fused-ring (bicyclic) bond motifs is 3. The van der Waals surface area contributed by atoms with Crippen molar-refractivity contribution in [3.63, 3.8) is 0 Å². The molecule has 0 spiro atoms. The SMILES string of the molecule is COC(=O)[C@@H]1CCCN1c1nc2c(cc1C)c1ccccc1n2Cc1ccccc1. The Labute approximate surface area is 175 Å². The molecule has 1 saturated heterocycles. The fraction of sp³-hybridized carbons (Fsp3) is 0.280. The summed E-state index contributed by atoms with van der Waals surface area (Å²) >= 11 is 0. The van der Waals surface area contributed by atoms with Crippen molar-refractivity contribution < 1.29 is 9.53 Å². The number of anilines is 1. The van der Waals surface area contributed by atoms with E-state index in [1.54, 1.807) is 0 Å². The molecule has 152 valence electrons. The molecule has 0 aliphatic carbocycles. The van der Waals surface area contributed by atoms with Crippen LogP contribution in [-0.2, 0) is 16.1 Å². The first-order valence-electron chi connectivity index (χ1n) is 10.4. The van der Waals surface area contributed by atoms with E-state index in [1.165, 1.54) is 23.6 Å². The molecule has 5 heteroatoms. The molecular formula is C25H25N3O2. The van der Waals surface area contributed by atoms with Crippen molar-refractivity contribution in [1.29, 1.82) is 0 Å². The predicted molar refractivity (Wildman–Crippen MR) is 120 cm³/mol. The zero-order valence-electron chi connectivity index (χ0n) is 17.3. The highest BCUT2D eigenvalue weighted by Gasteiger charge is 2.33. The Morgan fingerprint density at radius 1 is 1.10 bits per heavy atom. The van der Waals surface area contributed by atoms with E-state index < -0.39 is 0 Å². The van der Waals surface area contributed by atoms with Gasteiger partial charge in [-0.2, -0.15) is 0 Å². The first kappa shape index (κ1) is 18.7. The number of rotatable bonds is 4. The first-order valence-corrected chi connectivity index (χ1v) is 10.4. The van der Waals surface area contributed by atoms with Gasteiger partial charge in [-0.1, -0.05) is 48.5 Å². The second-order valence-electron chi connectivity index (χ2n) is 7.96. The molecular weight excluding hydrogens is 374 g/mol. The molecule has 30 heavy (non-hydrogen) atoms. The number of carbonyl (C=O) groups is 1. The number of methoxy groups -OCH3 is 1. The molecule has 0 radical (unpaired) electrons. The molecule has 2 aromatic heterocycles. The van der Waals surface area contributed by atoms with E-state index in [1.807, 2.05) is 6.07 Å². The maximum absolute atomic E-state index is 12.3. The van der Waals surface area contributed by atoms with Gasteiger partial charge in [0.15, 0.2) is 0 Å². The van der Waals surface area contributed by atoms with E-state index in [2.05, 4.69) is 71.0 Å². The number of para-hydroxylation sites is 1. The number of hydrogen-bond donors (Lipinski definition) is 0. The number of esters is 1. The molecule has 1 aliphatic rings. The number of aromatic nitrogens is 2. The van der Waals surface area contributed by atoms with Crippen molar-refractivity contribution >= 4 is 33.7 Å². The van der Waals surface area contributed by atoms with Crippen LogP contribution in [0.2, 0.25) is 0 Å². The first-order chi connectivity index (χ1) is 14.7. The molecule has 2 aromatic carbocycles. The van der Waals surface area contributed by atoms with Crippen LogP contribution in [0.1, 0.15) is 24.0 Å². The highest BCUT2D eigenvalue weighted by molar-refractivity contribution is 6.07. The third-order valence-electron chi connectivity index (χ3n) is 6.09. The van der Waals surface area contributed by atoms with Crippen molar-refractivity contribution in [2.75, 3.05) is 18.6 Å². The largest absolute Gasteiger partial charge is 0.467 e. The maximum Gasteiger partial charge on any atom is 0.328 e. The number of aryl methyl sites for hydroxylation is 1. The van der Waals surface area contributed by atoms with Crippen LogP contribution in [0.3, 0.4) is 0 Å². The standard InChI is InChI=1S/C25H25N3O2/c1-17-15-20-19-11-6-7-12-21(19)28(16-18-9-4-3-5-10-18)24(20)26-23(17)27-14-8-13-22(27)25(29)30-2/h3-7,9-12,15,22H,8,13-14,16H2,1-2H3/t22-/m0/s1. The number of nitrogens with zero attached hydrogens (tertiary/aromatic N) is 3. The summed E-state index contributed by atoms with van der Waals surface area (Å²) in [5.41, 5.74) is 4.45. The van der Waals surface area contributed by atoms with Crippen LogP contribution in [-0.4, -0.2) is 35.2 Å². The molecule has 3 heterocycles.